The third-order valence-corrected chi connectivity index (χ3v) is 5.09. The Balaban J connectivity index is 0.00000289. The molecule has 2 heterocycles. The van der Waals surface area contributed by atoms with Gasteiger partial charge in [-0.25, -0.2) is 4.98 Å². The number of nitrogens with zero attached hydrogens (tertiary/aromatic N) is 5. The zero-order valence-corrected chi connectivity index (χ0v) is 20.4. The predicted octanol–water partition coefficient (Wildman–Crippen LogP) is 3.66. The normalized spacial score (nSPS) is 11.1. The Kier molecular flexibility index (Phi) is 8.85. The van der Waals surface area contributed by atoms with Crippen LogP contribution >= 0.6 is 24.0 Å². The number of hydrogen-bond donors (Lipinski definition) is 2. The number of hydrogen-bond acceptors (Lipinski definition) is 3. The highest BCUT2D eigenvalue weighted by atomic mass is 127. The predicted molar refractivity (Wildman–Crippen MR) is 138 cm³/mol. The minimum atomic E-state index is 0. The van der Waals surface area contributed by atoms with Gasteiger partial charge in [-0.1, -0.05) is 54.6 Å². The van der Waals surface area contributed by atoms with E-state index in [4.69, 9.17) is 0 Å². The molecule has 0 saturated carbocycles. The number of imidazole rings is 1. The van der Waals surface area contributed by atoms with E-state index in [1.807, 2.05) is 35.4 Å². The molecule has 4 aromatic rings. The maximum Gasteiger partial charge on any atom is 0.191 e. The summed E-state index contributed by atoms with van der Waals surface area (Å²) in [6, 6.07) is 20.7. The molecule has 32 heavy (non-hydrogen) atoms. The summed E-state index contributed by atoms with van der Waals surface area (Å²) >= 11 is 0. The molecule has 0 fully saturated rings. The van der Waals surface area contributed by atoms with Gasteiger partial charge in [-0.2, -0.15) is 5.10 Å². The van der Waals surface area contributed by atoms with Crippen molar-refractivity contribution in [2.75, 3.05) is 7.05 Å². The Bertz CT molecular complexity index is 1100. The Morgan fingerprint density at radius 1 is 0.844 bits per heavy atom. The highest BCUT2D eigenvalue weighted by Crippen LogP contribution is 2.10. The lowest BCUT2D eigenvalue weighted by Gasteiger charge is -2.15. The summed E-state index contributed by atoms with van der Waals surface area (Å²) in [5, 5.41) is 11.1. The molecule has 0 aliphatic rings. The minimum Gasteiger partial charge on any atom is -0.352 e. The number of aliphatic imine (C=N–C) groups is 1. The van der Waals surface area contributed by atoms with Crippen molar-refractivity contribution in [3.8, 4) is 0 Å². The lowest BCUT2D eigenvalue weighted by atomic mass is 10.1. The van der Waals surface area contributed by atoms with Crippen LogP contribution < -0.4 is 10.6 Å². The topological polar surface area (TPSA) is 72.1 Å². The third-order valence-electron chi connectivity index (χ3n) is 5.09. The van der Waals surface area contributed by atoms with E-state index < -0.39 is 0 Å². The van der Waals surface area contributed by atoms with Crippen molar-refractivity contribution < 1.29 is 0 Å². The molecule has 7 nitrogen and oxygen atoms in total. The van der Waals surface area contributed by atoms with Crippen LogP contribution in [0.3, 0.4) is 0 Å². The summed E-state index contributed by atoms with van der Waals surface area (Å²) in [6.45, 7) is 2.81. The first-order chi connectivity index (χ1) is 15.3. The van der Waals surface area contributed by atoms with Crippen molar-refractivity contribution in [2.24, 2.45) is 4.99 Å². The molecule has 2 aromatic carbocycles. The number of guanidine groups is 1. The van der Waals surface area contributed by atoms with Crippen LogP contribution in [0, 0.1) is 0 Å². The largest absolute Gasteiger partial charge is 0.352 e. The fourth-order valence-corrected chi connectivity index (χ4v) is 3.45. The number of rotatable bonds is 8. The van der Waals surface area contributed by atoms with Crippen LogP contribution in [0.1, 0.15) is 22.5 Å². The molecule has 0 radical (unpaired) electrons. The fraction of sp³-hybridized carbons (Fsp3) is 0.208. The van der Waals surface area contributed by atoms with Crippen LogP contribution in [0.4, 0.5) is 0 Å². The van der Waals surface area contributed by atoms with E-state index in [2.05, 4.69) is 78.8 Å². The monoisotopic (exact) mass is 541 g/mol. The summed E-state index contributed by atoms with van der Waals surface area (Å²) in [5.41, 5.74) is 3.69. The summed E-state index contributed by atoms with van der Waals surface area (Å²) < 4.78 is 4.08. The number of aromatic nitrogens is 4. The Hall–Kier alpha value is -3.14. The molecule has 2 aromatic heterocycles. The average molecular weight is 541 g/mol. The standard InChI is InChI=1S/C24H27N7.HI/c1-25-24(27-16-21-10-5-6-11-22(21)19-31-14-7-12-29-31)28-17-23-26-13-15-30(23)18-20-8-3-2-4-9-20;/h2-15H,16-19H2,1H3,(H2,25,27,28);1H. The van der Waals surface area contributed by atoms with E-state index in [0.29, 0.717) is 13.1 Å². The molecule has 4 rings (SSSR count). The number of nitrogens with one attached hydrogen (secondary N) is 2. The molecule has 0 saturated heterocycles. The van der Waals surface area contributed by atoms with Gasteiger partial charge in [0.15, 0.2) is 5.96 Å². The number of benzene rings is 2. The molecule has 166 valence electrons. The highest BCUT2D eigenvalue weighted by Gasteiger charge is 2.07. The van der Waals surface area contributed by atoms with Crippen molar-refractivity contribution in [1.82, 2.24) is 30.0 Å². The van der Waals surface area contributed by atoms with Crippen molar-refractivity contribution in [3.63, 3.8) is 0 Å². The van der Waals surface area contributed by atoms with Crippen LogP contribution in [0.25, 0.3) is 0 Å². The summed E-state index contributed by atoms with van der Waals surface area (Å²) in [4.78, 5) is 8.86. The first-order valence-corrected chi connectivity index (χ1v) is 10.3. The van der Waals surface area contributed by atoms with Crippen LogP contribution in [0.15, 0.2) is 90.4 Å². The summed E-state index contributed by atoms with van der Waals surface area (Å²) in [6.07, 6.45) is 7.62. The van der Waals surface area contributed by atoms with Gasteiger partial charge >= 0.3 is 0 Å². The highest BCUT2D eigenvalue weighted by molar-refractivity contribution is 14.0. The first-order valence-electron chi connectivity index (χ1n) is 10.3. The zero-order valence-electron chi connectivity index (χ0n) is 18.1. The Morgan fingerprint density at radius 3 is 2.34 bits per heavy atom. The van der Waals surface area contributed by atoms with Crippen molar-refractivity contribution in [2.45, 2.75) is 26.2 Å². The molecule has 0 unspecified atom stereocenters. The molecule has 0 aliphatic heterocycles. The molecule has 8 heteroatoms. The lowest BCUT2D eigenvalue weighted by Crippen LogP contribution is -2.37. The molecule has 0 aliphatic carbocycles. The maximum atomic E-state index is 4.50. The smallest absolute Gasteiger partial charge is 0.191 e. The van der Waals surface area contributed by atoms with Gasteiger partial charge in [0.1, 0.15) is 5.82 Å². The summed E-state index contributed by atoms with van der Waals surface area (Å²) in [5.74, 6) is 1.70. The van der Waals surface area contributed by atoms with Gasteiger partial charge in [-0.3, -0.25) is 9.67 Å². The van der Waals surface area contributed by atoms with Gasteiger partial charge < -0.3 is 15.2 Å². The van der Waals surface area contributed by atoms with Crippen LogP contribution in [0.2, 0.25) is 0 Å². The van der Waals surface area contributed by atoms with Crippen molar-refractivity contribution >= 4 is 29.9 Å². The fourth-order valence-electron chi connectivity index (χ4n) is 3.45. The molecular formula is C24H28IN7. The van der Waals surface area contributed by atoms with E-state index in [0.717, 1.165) is 24.9 Å². The van der Waals surface area contributed by atoms with E-state index in [9.17, 15) is 0 Å². The van der Waals surface area contributed by atoms with Crippen molar-refractivity contribution in [3.05, 3.63) is 108 Å². The molecule has 0 amide bonds. The quantitative estimate of drug-likeness (QED) is 0.203. The maximum absolute atomic E-state index is 4.50. The van der Waals surface area contributed by atoms with Gasteiger partial charge in [0.25, 0.3) is 0 Å². The average Bonchev–Trinajstić information content (AvgIpc) is 3.48. The molecule has 2 N–H and O–H groups in total. The molecular weight excluding hydrogens is 513 g/mol. The molecule has 0 spiro atoms. The van der Waals surface area contributed by atoms with Gasteiger partial charge in [0, 0.05) is 44.9 Å². The van der Waals surface area contributed by atoms with E-state index in [-0.39, 0.29) is 24.0 Å². The first kappa shape index (κ1) is 23.5. The summed E-state index contributed by atoms with van der Waals surface area (Å²) in [7, 11) is 1.78. The van der Waals surface area contributed by atoms with Gasteiger partial charge in [0.2, 0.25) is 0 Å². The van der Waals surface area contributed by atoms with E-state index >= 15 is 0 Å². The Morgan fingerprint density at radius 2 is 1.59 bits per heavy atom. The van der Waals surface area contributed by atoms with Crippen molar-refractivity contribution in [1.29, 1.82) is 0 Å². The van der Waals surface area contributed by atoms with Crippen LogP contribution in [0.5, 0.6) is 0 Å². The molecule has 0 bridgehead atoms. The zero-order chi connectivity index (χ0) is 21.3. The second-order valence-electron chi connectivity index (χ2n) is 7.21. The second kappa shape index (κ2) is 12.0. The van der Waals surface area contributed by atoms with Gasteiger partial charge in [-0.15, -0.1) is 24.0 Å². The Labute approximate surface area is 205 Å². The lowest BCUT2D eigenvalue weighted by molar-refractivity contribution is 0.673. The minimum absolute atomic E-state index is 0. The van der Waals surface area contributed by atoms with Crippen LogP contribution in [-0.2, 0) is 26.2 Å². The molecule has 0 atom stereocenters. The number of halogens is 1. The van der Waals surface area contributed by atoms with Gasteiger partial charge in [0.05, 0.1) is 13.1 Å². The van der Waals surface area contributed by atoms with Crippen LogP contribution in [-0.4, -0.2) is 32.3 Å². The SMILES string of the molecule is CN=C(NCc1ccccc1Cn1cccn1)NCc1nccn1Cc1ccccc1.I. The third kappa shape index (κ3) is 6.43. The van der Waals surface area contributed by atoms with E-state index in [1.165, 1.54) is 16.7 Å². The second-order valence-corrected chi connectivity index (χ2v) is 7.21. The van der Waals surface area contributed by atoms with Gasteiger partial charge in [-0.05, 0) is 22.8 Å². The van der Waals surface area contributed by atoms with E-state index in [1.54, 1.807) is 13.2 Å².